The smallest absolute Gasteiger partial charge is 0.457 e. The molecular weight excluding hydrogens is 739 g/mol. The van der Waals surface area contributed by atoms with Gasteiger partial charge in [0.2, 0.25) is 0 Å². The Balaban J connectivity index is 2.37. The van der Waals surface area contributed by atoms with Gasteiger partial charge < -0.3 is 39.9 Å². The standard InChI is InChI=1S/C43H81O12P/c1-3-5-7-9-11-13-15-16-17-18-19-20-21-22-23-25-27-29-31-33-52-34-36(54-37(44)32-30-28-26-24-14-12-10-8-6-4-2)35-53-56(50,51)55-43-41(48)39(46)38(45)40(47)42(43)49/h13,15,17-18,36,38-43,45-49H,3-12,14,16,19-35H2,1-2H3,(H,50,51)/b15-13-,18-17-. The number of unbranched alkanes of at least 4 members (excludes halogenated alkanes) is 21. The summed E-state index contributed by atoms with van der Waals surface area (Å²) in [4.78, 5) is 23.0. The first-order valence-corrected chi connectivity index (χ1v) is 23.7. The summed E-state index contributed by atoms with van der Waals surface area (Å²) in [5.41, 5.74) is 0. The van der Waals surface area contributed by atoms with Crippen LogP contribution in [0.1, 0.15) is 181 Å². The predicted molar refractivity (Wildman–Crippen MR) is 221 cm³/mol. The summed E-state index contributed by atoms with van der Waals surface area (Å²) in [6.45, 7) is 4.21. The highest BCUT2D eigenvalue weighted by Gasteiger charge is 2.51. The van der Waals surface area contributed by atoms with Gasteiger partial charge in [-0.3, -0.25) is 13.8 Å². The van der Waals surface area contributed by atoms with Gasteiger partial charge >= 0.3 is 13.8 Å². The molecule has 0 aromatic heterocycles. The topological polar surface area (TPSA) is 192 Å². The van der Waals surface area contributed by atoms with Crippen LogP contribution in [0.2, 0.25) is 0 Å². The second kappa shape index (κ2) is 34.7. The van der Waals surface area contributed by atoms with Crippen molar-refractivity contribution in [3.8, 4) is 0 Å². The first kappa shape index (κ1) is 52.8. The molecule has 1 aliphatic rings. The van der Waals surface area contributed by atoms with E-state index in [1.54, 1.807) is 0 Å². The summed E-state index contributed by atoms with van der Waals surface area (Å²) in [7, 11) is -5.01. The van der Waals surface area contributed by atoms with Crippen LogP contribution in [0.15, 0.2) is 24.3 Å². The first-order valence-electron chi connectivity index (χ1n) is 22.2. The van der Waals surface area contributed by atoms with E-state index in [1.165, 1.54) is 96.3 Å². The normalized spacial score (nSPS) is 23.2. The highest BCUT2D eigenvalue weighted by Crippen LogP contribution is 2.47. The van der Waals surface area contributed by atoms with E-state index in [0.717, 1.165) is 57.8 Å². The first-order chi connectivity index (χ1) is 27.0. The van der Waals surface area contributed by atoms with Gasteiger partial charge in [0.05, 0.1) is 13.2 Å². The van der Waals surface area contributed by atoms with Crippen molar-refractivity contribution >= 4 is 13.8 Å². The number of hydrogen-bond donors (Lipinski definition) is 6. The molecule has 1 fully saturated rings. The van der Waals surface area contributed by atoms with Crippen LogP contribution in [0.25, 0.3) is 0 Å². The largest absolute Gasteiger partial charge is 0.472 e. The molecule has 6 unspecified atom stereocenters. The highest BCUT2D eigenvalue weighted by atomic mass is 31.2. The summed E-state index contributed by atoms with van der Waals surface area (Å²) in [5, 5.41) is 50.1. The molecule has 56 heavy (non-hydrogen) atoms. The van der Waals surface area contributed by atoms with Gasteiger partial charge in [-0.15, -0.1) is 0 Å². The van der Waals surface area contributed by atoms with E-state index in [0.29, 0.717) is 13.0 Å². The van der Waals surface area contributed by atoms with E-state index in [-0.39, 0.29) is 13.0 Å². The third kappa shape index (κ3) is 26.7. The second-order valence-corrected chi connectivity index (χ2v) is 17.0. The molecule has 0 aromatic carbocycles. The maximum absolute atomic E-state index is 12.8. The third-order valence-electron chi connectivity index (χ3n) is 10.3. The van der Waals surface area contributed by atoms with Gasteiger partial charge in [-0.1, -0.05) is 154 Å². The fraction of sp³-hybridized carbons (Fsp3) is 0.884. The molecule has 1 saturated carbocycles. The lowest BCUT2D eigenvalue weighted by Crippen LogP contribution is -2.64. The third-order valence-corrected chi connectivity index (χ3v) is 11.3. The van der Waals surface area contributed by atoms with Crippen molar-refractivity contribution in [3.05, 3.63) is 24.3 Å². The lowest BCUT2D eigenvalue weighted by atomic mass is 9.85. The van der Waals surface area contributed by atoms with Gasteiger partial charge in [0.25, 0.3) is 0 Å². The van der Waals surface area contributed by atoms with E-state index in [2.05, 4.69) is 38.2 Å². The molecule has 330 valence electrons. The number of ether oxygens (including phenoxy) is 2. The number of phosphoric acid groups is 1. The van der Waals surface area contributed by atoms with E-state index in [1.807, 2.05) is 0 Å². The van der Waals surface area contributed by atoms with Gasteiger partial charge in [0.15, 0.2) is 0 Å². The Bertz CT molecular complexity index is 1030. The average Bonchev–Trinajstić information content (AvgIpc) is 3.18. The van der Waals surface area contributed by atoms with Gasteiger partial charge in [-0.25, -0.2) is 4.57 Å². The van der Waals surface area contributed by atoms with Crippen LogP contribution in [-0.4, -0.2) is 98.9 Å². The van der Waals surface area contributed by atoms with Crippen LogP contribution >= 0.6 is 7.82 Å². The quantitative estimate of drug-likeness (QED) is 0.0152. The average molecular weight is 821 g/mol. The van der Waals surface area contributed by atoms with Crippen molar-refractivity contribution < 1.29 is 58.3 Å². The summed E-state index contributed by atoms with van der Waals surface area (Å²) >= 11 is 0. The molecule has 0 saturated heterocycles. The second-order valence-electron chi connectivity index (χ2n) is 15.6. The highest BCUT2D eigenvalue weighted by molar-refractivity contribution is 7.47. The molecule has 0 heterocycles. The van der Waals surface area contributed by atoms with Crippen LogP contribution in [-0.2, 0) is 27.9 Å². The van der Waals surface area contributed by atoms with Crippen LogP contribution in [0, 0.1) is 0 Å². The molecule has 0 aliphatic heterocycles. The molecule has 1 rings (SSSR count). The minimum Gasteiger partial charge on any atom is -0.457 e. The zero-order valence-corrected chi connectivity index (χ0v) is 35.8. The maximum atomic E-state index is 12.8. The summed E-state index contributed by atoms with van der Waals surface area (Å²) in [6, 6.07) is 0. The molecule has 6 N–H and O–H groups in total. The summed E-state index contributed by atoms with van der Waals surface area (Å²) < 4.78 is 34.1. The van der Waals surface area contributed by atoms with Gasteiger partial charge in [0, 0.05) is 13.0 Å². The Morgan fingerprint density at radius 3 is 1.52 bits per heavy atom. The molecule has 0 radical (unpaired) electrons. The van der Waals surface area contributed by atoms with Gasteiger partial charge in [-0.05, 0) is 44.9 Å². The van der Waals surface area contributed by atoms with E-state index in [4.69, 9.17) is 18.5 Å². The lowest BCUT2D eigenvalue weighted by Gasteiger charge is -2.41. The molecule has 12 nitrogen and oxygen atoms in total. The molecule has 0 amide bonds. The van der Waals surface area contributed by atoms with Gasteiger partial charge in [-0.2, -0.15) is 0 Å². The van der Waals surface area contributed by atoms with E-state index in [9.17, 15) is 39.8 Å². The Kier molecular flexibility index (Phi) is 32.7. The molecule has 1 aliphatic carbocycles. The minimum absolute atomic E-state index is 0.0775. The number of rotatable bonds is 37. The minimum atomic E-state index is -5.01. The fourth-order valence-corrected chi connectivity index (χ4v) is 7.71. The van der Waals surface area contributed by atoms with Crippen molar-refractivity contribution in [2.45, 2.75) is 224 Å². The molecule has 0 bridgehead atoms. The van der Waals surface area contributed by atoms with Crippen molar-refractivity contribution in [1.82, 2.24) is 0 Å². The Hall–Kier alpha value is -1.18. The summed E-state index contributed by atoms with van der Waals surface area (Å²) in [6.07, 6.45) is 25.4. The molecular formula is C43H81O12P. The maximum Gasteiger partial charge on any atom is 0.472 e. The zero-order chi connectivity index (χ0) is 41.3. The van der Waals surface area contributed by atoms with Crippen LogP contribution in [0.5, 0.6) is 0 Å². The van der Waals surface area contributed by atoms with Crippen molar-refractivity contribution in [2.75, 3.05) is 19.8 Å². The van der Waals surface area contributed by atoms with E-state index >= 15 is 0 Å². The lowest BCUT2D eigenvalue weighted by molar-refractivity contribution is -0.220. The SMILES string of the molecule is CCCCCC/C=C\C/C=C\CCCCCCCCCCOCC(COP(=O)(O)OC1C(O)C(O)C(O)C(O)C1O)OC(=O)CCCCCCCCCCCC. The number of allylic oxidation sites excluding steroid dienone is 4. The van der Waals surface area contributed by atoms with Crippen molar-refractivity contribution in [2.24, 2.45) is 0 Å². The van der Waals surface area contributed by atoms with Crippen LogP contribution in [0.4, 0.5) is 0 Å². The van der Waals surface area contributed by atoms with Crippen LogP contribution in [0.3, 0.4) is 0 Å². The Morgan fingerprint density at radius 1 is 0.571 bits per heavy atom. The van der Waals surface area contributed by atoms with E-state index < -0.39 is 63.1 Å². The molecule has 6 atom stereocenters. The van der Waals surface area contributed by atoms with Crippen LogP contribution < -0.4 is 0 Å². The Morgan fingerprint density at radius 2 is 1.00 bits per heavy atom. The number of carbonyl (C=O) groups is 1. The molecule has 13 heteroatoms. The number of hydrogen-bond acceptors (Lipinski definition) is 11. The fourth-order valence-electron chi connectivity index (χ4n) is 6.74. The number of aliphatic hydroxyl groups excluding tert-OH is 5. The number of phosphoric ester groups is 1. The Labute approximate surface area is 339 Å². The summed E-state index contributed by atoms with van der Waals surface area (Å²) in [5.74, 6) is -0.481. The number of esters is 1. The zero-order valence-electron chi connectivity index (χ0n) is 34.9. The van der Waals surface area contributed by atoms with Crippen molar-refractivity contribution in [3.63, 3.8) is 0 Å². The predicted octanol–water partition coefficient (Wildman–Crippen LogP) is 8.53. The monoisotopic (exact) mass is 821 g/mol. The molecule has 0 aromatic rings. The number of aliphatic hydroxyl groups is 5. The van der Waals surface area contributed by atoms with Crippen molar-refractivity contribution in [1.29, 1.82) is 0 Å². The van der Waals surface area contributed by atoms with Gasteiger partial charge in [0.1, 0.15) is 42.7 Å². The number of carbonyl (C=O) groups excluding carboxylic acids is 1. The molecule has 0 spiro atoms.